The van der Waals surface area contributed by atoms with Gasteiger partial charge in [0.2, 0.25) is 0 Å². The highest BCUT2D eigenvalue weighted by Crippen LogP contribution is 2.21. The molecule has 0 aromatic heterocycles. The van der Waals surface area contributed by atoms with Crippen LogP contribution in [0.15, 0.2) is 18.2 Å². The van der Waals surface area contributed by atoms with Crippen LogP contribution >= 0.6 is 0 Å². The molecule has 0 fully saturated rings. The summed E-state index contributed by atoms with van der Waals surface area (Å²) in [6.45, 7) is 2.49. The van der Waals surface area contributed by atoms with E-state index in [0.717, 1.165) is 11.1 Å². The fraction of sp³-hybridized carbons (Fsp3) is 0.417. The third-order valence-corrected chi connectivity index (χ3v) is 2.59. The Balaban J connectivity index is 2.88. The first-order valence-electron chi connectivity index (χ1n) is 5.11. The number of aryl methyl sites for hydroxylation is 1. The van der Waals surface area contributed by atoms with Crippen LogP contribution in [-0.4, -0.2) is 12.7 Å². The Kier molecular flexibility index (Phi) is 4.13. The number of benzene rings is 1. The van der Waals surface area contributed by atoms with Crippen LogP contribution in [0, 0.1) is 25.2 Å². The fourth-order valence-corrected chi connectivity index (χ4v) is 1.53. The maximum absolute atomic E-state index is 12.1. The van der Waals surface area contributed by atoms with E-state index in [9.17, 15) is 13.2 Å². The second-order valence-corrected chi connectivity index (χ2v) is 3.85. The van der Waals surface area contributed by atoms with Gasteiger partial charge in [-0.05, 0) is 30.5 Å². The summed E-state index contributed by atoms with van der Waals surface area (Å²) in [4.78, 5) is 0. The SMILES string of the molecule is Cc1cccc(C(C#N)NCC(F)(F)F)c1C. The van der Waals surface area contributed by atoms with Gasteiger partial charge >= 0.3 is 6.18 Å². The highest BCUT2D eigenvalue weighted by Gasteiger charge is 2.28. The lowest BCUT2D eigenvalue weighted by atomic mass is 9.98. The lowest BCUT2D eigenvalue weighted by Gasteiger charge is -2.16. The van der Waals surface area contributed by atoms with Gasteiger partial charge in [0.15, 0.2) is 0 Å². The molecule has 2 nitrogen and oxygen atoms in total. The molecule has 0 aliphatic heterocycles. The highest BCUT2D eigenvalue weighted by atomic mass is 19.4. The Morgan fingerprint density at radius 3 is 2.53 bits per heavy atom. The first kappa shape index (κ1) is 13.5. The third kappa shape index (κ3) is 3.75. The maximum Gasteiger partial charge on any atom is 0.401 e. The molecule has 1 N–H and O–H groups in total. The van der Waals surface area contributed by atoms with Gasteiger partial charge in [0.05, 0.1) is 12.6 Å². The topological polar surface area (TPSA) is 35.8 Å². The van der Waals surface area contributed by atoms with Crippen LogP contribution in [0.4, 0.5) is 13.2 Å². The summed E-state index contributed by atoms with van der Waals surface area (Å²) in [5.41, 5.74) is 2.39. The molecule has 92 valence electrons. The van der Waals surface area contributed by atoms with Crippen LogP contribution in [0.5, 0.6) is 0 Å². The zero-order chi connectivity index (χ0) is 13.1. The van der Waals surface area contributed by atoms with E-state index >= 15 is 0 Å². The minimum atomic E-state index is -4.31. The molecule has 0 saturated heterocycles. The molecule has 5 heteroatoms. The second kappa shape index (κ2) is 5.19. The first-order valence-corrected chi connectivity index (χ1v) is 5.11. The predicted octanol–water partition coefficient (Wildman–Crippen LogP) is 3.02. The molecule has 0 saturated carbocycles. The van der Waals surface area contributed by atoms with E-state index in [-0.39, 0.29) is 0 Å². The smallest absolute Gasteiger partial charge is 0.290 e. The van der Waals surface area contributed by atoms with Crippen molar-refractivity contribution in [2.45, 2.75) is 26.1 Å². The zero-order valence-corrected chi connectivity index (χ0v) is 9.60. The Hall–Kier alpha value is -1.54. The van der Waals surface area contributed by atoms with Gasteiger partial charge in [0.25, 0.3) is 0 Å². The van der Waals surface area contributed by atoms with Gasteiger partial charge in [-0.1, -0.05) is 18.2 Å². The van der Waals surface area contributed by atoms with Crippen molar-refractivity contribution in [2.24, 2.45) is 0 Å². The Morgan fingerprint density at radius 1 is 1.35 bits per heavy atom. The van der Waals surface area contributed by atoms with E-state index in [0.29, 0.717) is 5.56 Å². The molecule has 1 unspecified atom stereocenters. The van der Waals surface area contributed by atoms with E-state index in [4.69, 9.17) is 5.26 Å². The van der Waals surface area contributed by atoms with Crippen molar-refractivity contribution in [3.8, 4) is 6.07 Å². The number of rotatable bonds is 3. The van der Waals surface area contributed by atoms with Crippen molar-refractivity contribution in [3.05, 3.63) is 34.9 Å². The maximum atomic E-state index is 12.1. The first-order chi connectivity index (χ1) is 7.85. The van der Waals surface area contributed by atoms with E-state index < -0.39 is 18.8 Å². The zero-order valence-electron chi connectivity index (χ0n) is 9.60. The van der Waals surface area contributed by atoms with Gasteiger partial charge in [-0.25, -0.2) is 0 Å². The Bertz CT molecular complexity index is 432. The highest BCUT2D eigenvalue weighted by molar-refractivity contribution is 5.37. The predicted molar refractivity (Wildman–Crippen MR) is 58.3 cm³/mol. The molecule has 0 aliphatic carbocycles. The Morgan fingerprint density at radius 2 is 2.00 bits per heavy atom. The average Bonchev–Trinajstić information content (AvgIpc) is 2.23. The molecular formula is C12H13F3N2. The summed E-state index contributed by atoms with van der Waals surface area (Å²) in [5.74, 6) is 0. The third-order valence-electron chi connectivity index (χ3n) is 2.59. The number of nitrogens with zero attached hydrogens (tertiary/aromatic N) is 1. The van der Waals surface area contributed by atoms with Crippen molar-refractivity contribution < 1.29 is 13.2 Å². The summed E-state index contributed by atoms with van der Waals surface area (Å²) >= 11 is 0. The summed E-state index contributed by atoms with van der Waals surface area (Å²) < 4.78 is 36.2. The van der Waals surface area contributed by atoms with E-state index in [1.54, 1.807) is 19.1 Å². The van der Waals surface area contributed by atoms with Crippen molar-refractivity contribution in [3.63, 3.8) is 0 Å². The van der Waals surface area contributed by atoms with Gasteiger partial charge in [0, 0.05) is 0 Å². The molecular weight excluding hydrogens is 229 g/mol. The van der Waals surface area contributed by atoms with Crippen molar-refractivity contribution in [1.29, 1.82) is 5.26 Å². The average molecular weight is 242 g/mol. The second-order valence-electron chi connectivity index (χ2n) is 3.85. The molecule has 0 radical (unpaired) electrons. The number of hydrogen-bond acceptors (Lipinski definition) is 2. The fourth-order valence-electron chi connectivity index (χ4n) is 1.53. The molecule has 0 bridgehead atoms. The van der Waals surface area contributed by atoms with Crippen molar-refractivity contribution in [1.82, 2.24) is 5.32 Å². The number of halogens is 3. The lowest BCUT2D eigenvalue weighted by molar-refractivity contribution is -0.125. The van der Waals surface area contributed by atoms with Crippen molar-refractivity contribution >= 4 is 0 Å². The minimum absolute atomic E-state index is 0.594. The largest absolute Gasteiger partial charge is 0.401 e. The molecule has 0 spiro atoms. The quantitative estimate of drug-likeness (QED) is 0.884. The van der Waals surface area contributed by atoms with Crippen LogP contribution in [-0.2, 0) is 0 Å². The number of nitriles is 1. The standard InChI is InChI=1S/C12H13F3N2/c1-8-4-3-5-10(9(8)2)11(6-16)17-7-12(13,14)15/h3-5,11,17H,7H2,1-2H3. The van der Waals surface area contributed by atoms with Crippen LogP contribution in [0.2, 0.25) is 0 Å². The molecule has 0 heterocycles. The molecule has 0 aliphatic rings. The van der Waals surface area contributed by atoms with Gasteiger partial charge in [-0.2, -0.15) is 18.4 Å². The summed E-state index contributed by atoms with van der Waals surface area (Å²) in [6.07, 6.45) is -4.31. The summed E-state index contributed by atoms with van der Waals surface area (Å²) in [6, 6.07) is 6.17. The monoisotopic (exact) mass is 242 g/mol. The molecule has 1 atom stereocenters. The van der Waals surface area contributed by atoms with Crippen LogP contribution in [0.3, 0.4) is 0 Å². The molecule has 0 amide bonds. The van der Waals surface area contributed by atoms with E-state index in [2.05, 4.69) is 5.32 Å². The molecule has 1 aromatic carbocycles. The van der Waals surface area contributed by atoms with Gasteiger partial charge in [0.1, 0.15) is 6.04 Å². The van der Waals surface area contributed by atoms with Gasteiger partial charge in [-0.15, -0.1) is 0 Å². The van der Waals surface area contributed by atoms with Gasteiger partial charge < -0.3 is 0 Å². The van der Waals surface area contributed by atoms with Crippen molar-refractivity contribution in [2.75, 3.05) is 6.54 Å². The van der Waals surface area contributed by atoms with Gasteiger partial charge in [-0.3, -0.25) is 5.32 Å². The van der Waals surface area contributed by atoms with Crippen LogP contribution in [0.25, 0.3) is 0 Å². The van der Waals surface area contributed by atoms with E-state index in [1.165, 1.54) is 0 Å². The lowest BCUT2D eigenvalue weighted by Crippen LogP contribution is -2.31. The molecule has 17 heavy (non-hydrogen) atoms. The number of nitrogens with one attached hydrogen (secondary N) is 1. The molecule has 1 aromatic rings. The normalized spacial score (nSPS) is 13.2. The number of hydrogen-bond donors (Lipinski definition) is 1. The van der Waals surface area contributed by atoms with Crippen LogP contribution < -0.4 is 5.32 Å². The van der Waals surface area contributed by atoms with Crippen LogP contribution in [0.1, 0.15) is 22.7 Å². The Labute approximate surface area is 98.1 Å². The minimum Gasteiger partial charge on any atom is -0.290 e. The number of alkyl halides is 3. The summed E-state index contributed by atoms with van der Waals surface area (Å²) in [5, 5.41) is 11.1. The molecule has 1 rings (SSSR count). The van der Waals surface area contributed by atoms with E-state index in [1.807, 2.05) is 19.1 Å². The summed E-state index contributed by atoms with van der Waals surface area (Å²) in [7, 11) is 0.